The molecule has 1 saturated carbocycles. The van der Waals surface area contributed by atoms with Crippen LogP contribution in [-0.2, 0) is 6.18 Å². The summed E-state index contributed by atoms with van der Waals surface area (Å²) in [5, 5.41) is 14.2. The summed E-state index contributed by atoms with van der Waals surface area (Å²) in [6.45, 7) is 1.57. The molecule has 0 atom stereocenters. The highest BCUT2D eigenvalue weighted by Crippen LogP contribution is 2.48. The molecule has 5 rings (SSSR count). The van der Waals surface area contributed by atoms with E-state index in [4.69, 9.17) is 11.6 Å². The van der Waals surface area contributed by atoms with Crippen molar-refractivity contribution in [3.63, 3.8) is 0 Å². The maximum Gasteiger partial charge on any atom is 0.433 e. The zero-order valence-corrected chi connectivity index (χ0v) is 18.5. The molecule has 2 N–H and O–H groups in total. The van der Waals surface area contributed by atoms with Crippen molar-refractivity contribution >= 4 is 11.6 Å². The van der Waals surface area contributed by atoms with Crippen LogP contribution in [0.2, 0.25) is 5.02 Å². The van der Waals surface area contributed by atoms with Gasteiger partial charge in [-0.25, -0.2) is 14.4 Å². The Labute approximate surface area is 196 Å². The second-order valence-corrected chi connectivity index (χ2v) is 8.94. The first kappa shape index (κ1) is 22.5. The maximum atomic E-state index is 14.8. The van der Waals surface area contributed by atoms with Crippen molar-refractivity contribution in [2.24, 2.45) is 0 Å². The van der Waals surface area contributed by atoms with Crippen LogP contribution in [-0.4, -0.2) is 35.4 Å². The lowest BCUT2D eigenvalue weighted by molar-refractivity contribution is -0.148. The van der Waals surface area contributed by atoms with Crippen molar-refractivity contribution in [3.8, 4) is 33.8 Å². The molecule has 0 bridgehead atoms. The lowest BCUT2D eigenvalue weighted by atomic mass is 9.77. The van der Waals surface area contributed by atoms with Crippen LogP contribution in [0.4, 0.5) is 17.6 Å². The normalized spacial score (nSPS) is 20.4. The van der Waals surface area contributed by atoms with Gasteiger partial charge in [-0.2, -0.15) is 18.3 Å². The molecular formula is C23H18ClF4N5O. The molecule has 0 saturated heterocycles. The molecule has 34 heavy (non-hydrogen) atoms. The molecule has 1 aliphatic carbocycles. The Kier molecular flexibility index (Phi) is 5.25. The lowest BCUT2D eigenvalue weighted by Crippen LogP contribution is -2.43. The third kappa shape index (κ3) is 3.76. The van der Waals surface area contributed by atoms with Crippen LogP contribution in [0.25, 0.3) is 33.8 Å². The van der Waals surface area contributed by atoms with Crippen LogP contribution in [0.15, 0.2) is 49.1 Å². The number of benzene rings is 1. The summed E-state index contributed by atoms with van der Waals surface area (Å²) in [6.07, 6.45) is 0.924. The third-order valence-electron chi connectivity index (χ3n) is 5.93. The molecule has 1 fully saturated rings. The predicted octanol–water partition coefficient (Wildman–Crippen LogP) is 5.90. The Bertz CT molecular complexity index is 1340. The Balaban J connectivity index is 1.75. The smallest absolute Gasteiger partial charge is 0.390 e. The van der Waals surface area contributed by atoms with Crippen LogP contribution >= 0.6 is 11.6 Å². The number of hydrogen-bond donors (Lipinski definition) is 2. The summed E-state index contributed by atoms with van der Waals surface area (Å²) in [6, 6.07) is 5.10. The van der Waals surface area contributed by atoms with E-state index in [1.165, 1.54) is 36.8 Å². The summed E-state index contributed by atoms with van der Waals surface area (Å²) >= 11 is 6.27. The van der Waals surface area contributed by atoms with Gasteiger partial charge in [0.05, 0.1) is 34.1 Å². The topological polar surface area (TPSA) is 79.6 Å². The zero-order valence-electron chi connectivity index (χ0n) is 17.7. The summed E-state index contributed by atoms with van der Waals surface area (Å²) in [5.41, 5.74) is -1.81. The largest absolute Gasteiger partial charge is 0.433 e. The SMILES string of the molecule is CC1(O)CC(n2ncc(-c3[nH]cc(-c4c(F)cccc4Cl)c3-c3ncccn3)c2C(F)(F)F)C1. The van der Waals surface area contributed by atoms with E-state index in [2.05, 4.69) is 20.1 Å². The predicted molar refractivity (Wildman–Crippen MR) is 117 cm³/mol. The molecule has 3 heterocycles. The highest BCUT2D eigenvalue weighted by molar-refractivity contribution is 6.33. The van der Waals surface area contributed by atoms with Crippen LogP contribution < -0.4 is 0 Å². The first-order valence-corrected chi connectivity index (χ1v) is 10.8. The van der Waals surface area contributed by atoms with E-state index in [9.17, 15) is 22.7 Å². The summed E-state index contributed by atoms with van der Waals surface area (Å²) in [4.78, 5) is 11.2. The van der Waals surface area contributed by atoms with Crippen molar-refractivity contribution in [3.05, 3.63) is 65.6 Å². The quantitative estimate of drug-likeness (QED) is 0.348. The van der Waals surface area contributed by atoms with Gasteiger partial charge in [-0.3, -0.25) is 4.68 Å². The average molecular weight is 492 g/mol. The van der Waals surface area contributed by atoms with E-state index in [0.29, 0.717) is 0 Å². The molecule has 176 valence electrons. The fourth-order valence-corrected chi connectivity index (χ4v) is 4.75. The molecule has 3 aromatic heterocycles. The molecule has 11 heteroatoms. The second kappa shape index (κ2) is 7.92. The summed E-state index contributed by atoms with van der Waals surface area (Å²) in [7, 11) is 0. The summed E-state index contributed by atoms with van der Waals surface area (Å²) < 4.78 is 58.5. The number of nitrogens with zero attached hydrogens (tertiary/aromatic N) is 4. The van der Waals surface area contributed by atoms with Gasteiger partial charge in [0.2, 0.25) is 0 Å². The summed E-state index contributed by atoms with van der Waals surface area (Å²) in [5.74, 6) is -0.542. The number of nitrogens with one attached hydrogen (secondary N) is 1. The first-order chi connectivity index (χ1) is 16.1. The molecule has 1 aromatic carbocycles. The number of alkyl halides is 3. The Morgan fingerprint density at radius 1 is 1.12 bits per heavy atom. The van der Waals surface area contributed by atoms with Gasteiger partial charge in [0, 0.05) is 35.3 Å². The lowest BCUT2D eigenvalue weighted by Gasteiger charge is -2.41. The molecule has 0 unspecified atom stereocenters. The van der Waals surface area contributed by atoms with Gasteiger partial charge in [-0.15, -0.1) is 0 Å². The minimum absolute atomic E-state index is 0.0186. The van der Waals surface area contributed by atoms with Gasteiger partial charge in [0.25, 0.3) is 0 Å². The number of H-pyrrole nitrogens is 1. The maximum absolute atomic E-state index is 14.8. The number of hydrogen-bond acceptors (Lipinski definition) is 4. The van der Waals surface area contributed by atoms with Crippen LogP contribution in [0.5, 0.6) is 0 Å². The Morgan fingerprint density at radius 2 is 1.82 bits per heavy atom. The van der Waals surface area contributed by atoms with E-state index >= 15 is 0 Å². The van der Waals surface area contributed by atoms with Gasteiger partial charge < -0.3 is 10.1 Å². The molecule has 0 radical (unpaired) electrons. The van der Waals surface area contributed by atoms with Crippen molar-refractivity contribution in [1.82, 2.24) is 24.7 Å². The van der Waals surface area contributed by atoms with E-state index in [-0.39, 0.29) is 51.6 Å². The fourth-order valence-electron chi connectivity index (χ4n) is 4.48. The highest BCUT2D eigenvalue weighted by atomic mass is 35.5. The minimum Gasteiger partial charge on any atom is -0.390 e. The Hall–Kier alpha value is -3.24. The molecule has 0 amide bonds. The monoisotopic (exact) mass is 491 g/mol. The number of halogens is 5. The molecule has 0 aliphatic heterocycles. The molecule has 1 aliphatic rings. The van der Waals surface area contributed by atoms with Gasteiger partial charge in [0.1, 0.15) is 5.82 Å². The number of aliphatic hydroxyl groups is 1. The number of aromatic amines is 1. The minimum atomic E-state index is -4.75. The van der Waals surface area contributed by atoms with Gasteiger partial charge in [-0.1, -0.05) is 17.7 Å². The number of aromatic nitrogens is 5. The van der Waals surface area contributed by atoms with Gasteiger partial charge >= 0.3 is 6.18 Å². The van der Waals surface area contributed by atoms with Crippen molar-refractivity contribution in [1.29, 1.82) is 0 Å². The van der Waals surface area contributed by atoms with Crippen molar-refractivity contribution in [2.75, 3.05) is 0 Å². The van der Waals surface area contributed by atoms with E-state index < -0.39 is 29.3 Å². The molecule has 0 spiro atoms. The highest BCUT2D eigenvalue weighted by Gasteiger charge is 2.46. The second-order valence-electron chi connectivity index (χ2n) is 8.53. The average Bonchev–Trinajstić information content (AvgIpc) is 3.37. The third-order valence-corrected chi connectivity index (χ3v) is 6.25. The fraction of sp³-hybridized carbons (Fsp3) is 0.261. The van der Waals surface area contributed by atoms with E-state index in [1.807, 2.05) is 0 Å². The van der Waals surface area contributed by atoms with E-state index in [0.717, 1.165) is 10.9 Å². The molecular weight excluding hydrogens is 474 g/mol. The first-order valence-electron chi connectivity index (χ1n) is 10.4. The Morgan fingerprint density at radius 3 is 2.44 bits per heavy atom. The standard InChI is InChI=1S/C23H18ClF4N5O/c1-22(34)8-12(9-22)33-20(23(26,27)28)14(11-32-33)19-18(21-29-6-3-7-30-21)13(10-31-19)17-15(24)4-2-5-16(17)25/h2-7,10-12,31,34H,8-9H2,1H3. The van der Waals surface area contributed by atoms with Gasteiger partial charge in [0.15, 0.2) is 11.5 Å². The van der Waals surface area contributed by atoms with Gasteiger partial charge in [-0.05, 0) is 38.0 Å². The van der Waals surface area contributed by atoms with Crippen molar-refractivity contribution < 1.29 is 22.7 Å². The van der Waals surface area contributed by atoms with Crippen molar-refractivity contribution in [2.45, 2.75) is 37.6 Å². The van der Waals surface area contributed by atoms with Crippen LogP contribution in [0.1, 0.15) is 31.5 Å². The molecule has 6 nitrogen and oxygen atoms in total. The molecule has 4 aromatic rings. The van der Waals surface area contributed by atoms with E-state index in [1.54, 1.807) is 13.0 Å². The number of rotatable bonds is 4. The van der Waals surface area contributed by atoms with Crippen LogP contribution in [0.3, 0.4) is 0 Å². The van der Waals surface area contributed by atoms with Crippen LogP contribution in [0, 0.1) is 5.82 Å². The zero-order chi connectivity index (χ0) is 24.3.